The smallest absolute Gasteiger partial charge is 0.419 e. The molecule has 0 saturated heterocycles. The molecule has 0 spiro atoms. The summed E-state index contributed by atoms with van der Waals surface area (Å²) in [6.45, 7) is -0.999. The summed E-state index contributed by atoms with van der Waals surface area (Å²) < 4.78 is 76.0. The van der Waals surface area contributed by atoms with Crippen LogP contribution >= 0.6 is 0 Å². The minimum Gasteiger partial charge on any atom is -0.480 e. The van der Waals surface area contributed by atoms with Crippen molar-refractivity contribution in [1.82, 2.24) is 5.32 Å². The van der Waals surface area contributed by atoms with Gasteiger partial charge in [-0.3, -0.25) is 9.52 Å². The molecule has 4 N–H and O–H groups in total. The molecule has 140 valence electrons. The van der Waals surface area contributed by atoms with Crippen LogP contribution in [0.2, 0.25) is 0 Å². The summed E-state index contributed by atoms with van der Waals surface area (Å²) in [5.74, 6) is -5.86. The normalized spacial score (nSPS) is 13.2. The summed E-state index contributed by atoms with van der Waals surface area (Å²) in [5, 5.41) is 19.0. The standard InChI is InChI=1S/C12H12F4N2O6S/c13-8-2-1-6(3-7(8)12(14,15)16)18-25(23,24)5-10(20)17-9(4-19)11(21)22/h1-3,9,18-19H,4-5H2,(H,17,20)(H,21,22). The molecular weight excluding hydrogens is 376 g/mol. The number of anilines is 1. The molecule has 1 atom stereocenters. The van der Waals surface area contributed by atoms with Gasteiger partial charge in [0.1, 0.15) is 17.6 Å². The number of rotatable bonds is 7. The first kappa shape index (κ1) is 20.6. The predicted octanol–water partition coefficient (Wildman–Crippen LogP) is 0.148. The van der Waals surface area contributed by atoms with Crippen molar-refractivity contribution < 1.29 is 45.8 Å². The number of benzene rings is 1. The molecule has 0 radical (unpaired) electrons. The lowest BCUT2D eigenvalue weighted by Crippen LogP contribution is -2.46. The Labute approximate surface area is 138 Å². The van der Waals surface area contributed by atoms with Crippen LogP contribution in [0.1, 0.15) is 5.56 Å². The number of hydrogen-bond acceptors (Lipinski definition) is 5. The lowest BCUT2D eigenvalue weighted by molar-refractivity contribution is -0.142. The molecular formula is C12H12F4N2O6S. The number of sulfonamides is 1. The molecule has 1 aromatic carbocycles. The van der Waals surface area contributed by atoms with Crippen LogP contribution in [-0.4, -0.2) is 48.9 Å². The summed E-state index contributed by atoms with van der Waals surface area (Å²) in [4.78, 5) is 22.1. The second-order valence-corrected chi connectivity index (χ2v) is 6.42. The highest BCUT2D eigenvalue weighted by Crippen LogP contribution is 2.33. The maximum absolute atomic E-state index is 13.1. The molecule has 1 aromatic rings. The van der Waals surface area contributed by atoms with E-state index < -0.39 is 63.5 Å². The van der Waals surface area contributed by atoms with E-state index in [-0.39, 0.29) is 6.07 Å². The van der Waals surface area contributed by atoms with Gasteiger partial charge < -0.3 is 15.5 Å². The topological polar surface area (TPSA) is 133 Å². The van der Waals surface area contributed by atoms with Gasteiger partial charge in [-0.15, -0.1) is 0 Å². The van der Waals surface area contributed by atoms with E-state index in [0.717, 1.165) is 0 Å². The van der Waals surface area contributed by atoms with E-state index >= 15 is 0 Å². The molecule has 1 amide bonds. The van der Waals surface area contributed by atoms with Gasteiger partial charge in [-0.25, -0.2) is 17.6 Å². The minimum atomic E-state index is -5.06. The van der Waals surface area contributed by atoms with E-state index in [9.17, 15) is 35.6 Å². The zero-order valence-corrected chi connectivity index (χ0v) is 13.0. The van der Waals surface area contributed by atoms with Gasteiger partial charge in [0.15, 0.2) is 0 Å². The van der Waals surface area contributed by atoms with E-state index in [1.807, 2.05) is 0 Å². The first-order valence-corrected chi connectivity index (χ1v) is 8.01. The van der Waals surface area contributed by atoms with Gasteiger partial charge >= 0.3 is 12.1 Å². The number of carboxylic acid groups (broad SMARTS) is 1. The Morgan fingerprint density at radius 1 is 1.24 bits per heavy atom. The molecule has 0 fully saturated rings. The van der Waals surface area contributed by atoms with Crippen molar-refractivity contribution in [3.05, 3.63) is 29.6 Å². The summed E-state index contributed by atoms with van der Waals surface area (Å²) in [6, 6.07) is -0.426. The fraction of sp³-hybridized carbons (Fsp3) is 0.333. The van der Waals surface area contributed by atoms with E-state index in [0.29, 0.717) is 12.1 Å². The molecule has 25 heavy (non-hydrogen) atoms. The highest BCUT2D eigenvalue weighted by atomic mass is 32.2. The number of amides is 1. The molecule has 1 unspecified atom stereocenters. The van der Waals surface area contributed by atoms with Crippen molar-refractivity contribution in [1.29, 1.82) is 0 Å². The van der Waals surface area contributed by atoms with Gasteiger partial charge in [-0.2, -0.15) is 13.2 Å². The predicted molar refractivity (Wildman–Crippen MR) is 75.5 cm³/mol. The van der Waals surface area contributed by atoms with Crippen molar-refractivity contribution in [2.24, 2.45) is 0 Å². The Balaban J connectivity index is 2.88. The van der Waals surface area contributed by atoms with Crippen LogP contribution in [-0.2, 0) is 25.8 Å². The first-order chi connectivity index (χ1) is 11.4. The van der Waals surface area contributed by atoms with E-state index in [1.165, 1.54) is 0 Å². The number of alkyl halides is 3. The van der Waals surface area contributed by atoms with Crippen LogP contribution < -0.4 is 10.0 Å². The number of halogens is 4. The quantitative estimate of drug-likeness (QED) is 0.492. The summed E-state index contributed by atoms with van der Waals surface area (Å²) in [6.07, 6.45) is -5.06. The monoisotopic (exact) mass is 388 g/mol. The molecule has 0 aromatic heterocycles. The van der Waals surface area contributed by atoms with E-state index in [4.69, 9.17) is 10.2 Å². The molecule has 0 aliphatic rings. The van der Waals surface area contributed by atoms with Gasteiger partial charge in [-0.05, 0) is 18.2 Å². The molecule has 0 aliphatic carbocycles. The van der Waals surface area contributed by atoms with Crippen LogP contribution in [0.5, 0.6) is 0 Å². The fourth-order valence-electron chi connectivity index (χ4n) is 1.62. The number of aliphatic carboxylic acids is 1. The third kappa shape index (κ3) is 6.19. The Morgan fingerprint density at radius 3 is 2.32 bits per heavy atom. The molecule has 8 nitrogen and oxygen atoms in total. The van der Waals surface area contributed by atoms with Gasteiger partial charge in [-0.1, -0.05) is 0 Å². The fourth-order valence-corrected chi connectivity index (χ4v) is 2.60. The second kappa shape index (κ2) is 7.65. The van der Waals surface area contributed by atoms with Crippen LogP contribution in [0.4, 0.5) is 23.2 Å². The highest BCUT2D eigenvalue weighted by Gasteiger charge is 2.34. The maximum Gasteiger partial charge on any atom is 0.419 e. The van der Waals surface area contributed by atoms with E-state index in [2.05, 4.69) is 0 Å². The van der Waals surface area contributed by atoms with Crippen molar-refractivity contribution in [3.8, 4) is 0 Å². The van der Waals surface area contributed by atoms with Crippen molar-refractivity contribution in [3.63, 3.8) is 0 Å². The number of hydrogen-bond donors (Lipinski definition) is 4. The minimum absolute atomic E-state index is 0.207. The number of nitrogens with one attached hydrogen (secondary N) is 2. The SMILES string of the molecule is O=C(CS(=O)(=O)Nc1ccc(F)c(C(F)(F)F)c1)NC(CO)C(=O)O. The van der Waals surface area contributed by atoms with Crippen LogP contribution in [0, 0.1) is 5.82 Å². The van der Waals surface area contributed by atoms with Gasteiger partial charge in [0, 0.05) is 5.69 Å². The van der Waals surface area contributed by atoms with Crippen molar-refractivity contribution >= 4 is 27.6 Å². The zero-order chi connectivity index (χ0) is 19.4. The number of aliphatic hydroxyl groups is 1. The Hall–Kier alpha value is -2.41. The lowest BCUT2D eigenvalue weighted by Gasteiger charge is -2.14. The molecule has 0 bridgehead atoms. The van der Waals surface area contributed by atoms with Gasteiger partial charge in [0.25, 0.3) is 0 Å². The largest absolute Gasteiger partial charge is 0.480 e. The van der Waals surface area contributed by atoms with Gasteiger partial charge in [0.05, 0.1) is 12.2 Å². The van der Waals surface area contributed by atoms with Crippen LogP contribution in [0.15, 0.2) is 18.2 Å². The van der Waals surface area contributed by atoms with Crippen LogP contribution in [0.3, 0.4) is 0 Å². The maximum atomic E-state index is 13.1. The third-order valence-corrected chi connectivity index (χ3v) is 3.87. The number of aliphatic hydroxyl groups excluding tert-OH is 1. The Kier molecular flexibility index (Phi) is 6.31. The number of carbonyl (C=O) groups is 2. The summed E-state index contributed by atoms with van der Waals surface area (Å²) in [7, 11) is -4.51. The van der Waals surface area contributed by atoms with Gasteiger partial charge in [0.2, 0.25) is 15.9 Å². The van der Waals surface area contributed by atoms with Crippen LogP contribution in [0.25, 0.3) is 0 Å². The Bertz CT molecular complexity index is 765. The first-order valence-electron chi connectivity index (χ1n) is 6.36. The highest BCUT2D eigenvalue weighted by molar-refractivity contribution is 7.93. The van der Waals surface area contributed by atoms with Crippen molar-refractivity contribution in [2.75, 3.05) is 17.1 Å². The zero-order valence-electron chi connectivity index (χ0n) is 12.2. The van der Waals surface area contributed by atoms with Crippen molar-refractivity contribution in [2.45, 2.75) is 12.2 Å². The Morgan fingerprint density at radius 2 is 1.84 bits per heavy atom. The molecule has 1 rings (SSSR count). The average molecular weight is 388 g/mol. The number of carbonyl (C=O) groups excluding carboxylic acids is 1. The number of carboxylic acids is 1. The second-order valence-electron chi connectivity index (χ2n) is 4.69. The summed E-state index contributed by atoms with van der Waals surface area (Å²) in [5.41, 5.74) is -2.35. The molecule has 0 heterocycles. The summed E-state index contributed by atoms with van der Waals surface area (Å²) >= 11 is 0. The van der Waals surface area contributed by atoms with E-state index in [1.54, 1.807) is 10.0 Å². The molecule has 0 saturated carbocycles. The lowest BCUT2D eigenvalue weighted by atomic mass is 10.2. The molecule has 0 aliphatic heterocycles. The molecule has 13 heteroatoms. The average Bonchev–Trinajstić information content (AvgIpc) is 2.44. The third-order valence-electron chi connectivity index (χ3n) is 2.68.